The molecule has 14 aromatic carbocycles. The monoisotopic (exact) mass is 1970 g/mol. The highest BCUT2D eigenvalue weighted by molar-refractivity contribution is 6.00. The Bertz CT molecular complexity index is 9870. The molecule has 22 aromatic rings. The summed E-state index contributed by atoms with van der Waals surface area (Å²) >= 11 is 0. The van der Waals surface area contributed by atoms with Crippen LogP contribution in [0.25, 0.3) is 132 Å². The number of anilines is 1. The van der Waals surface area contributed by atoms with E-state index in [-0.39, 0.29) is 104 Å². The Kier molecular flexibility index (Phi) is 18.7. The van der Waals surface area contributed by atoms with Crippen LogP contribution in [0.2, 0.25) is 0 Å². The minimum atomic E-state index is -0.711. The van der Waals surface area contributed by atoms with Crippen LogP contribution in [-0.2, 0) is 68.2 Å². The van der Waals surface area contributed by atoms with E-state index in [1.54, 1.807) is 30.3 Å². The van der Waals surface area contributed by atoms with Crippen LogP contribution in [-0.4, -0.2) is 36.7 Å². The minimum Gasteiger partial charge on any atom is -0.508 e. The molecule has 8 heterocycles. The van der Waals surface area contributed by atoms with Crippen LogP contribution in [0.3, 0.4) is 0 Å². The Balaban J connectivity index is 0.000000106. The minimum absolute atomic E-state index is 0. The molecule has 2 atom stereocenters. The van der Waals surface area contributed by atoms with Gasteiger partial charge in [0.2, 0.25) is 0 Å². The molecule has 9 N–H and O–H groups in total. The van der Waals surface area contributed by atoms with Gasteiger partial charge in [-0.3, -0.25) is 28.3 Å². The summed E-state index contributed by atoms with van der Waals surface area (Å²) in [5.41, 5.74) is 31.5. The predicted octanol–water partition coefficient (Wildman–Crippen LogP) is 22.8. The standard InChI is InChI=1S/C39H30N2O8.C37H24O10.C23H20O2.C22H19NO.CH4O.H3N/c1-37(2)15-39(23-13-31-29(11-21(23)37)46-25-7-17-19(9-27(25)48-31)35(44)40(5)33(17)42)16-38(3,4)22-12-30-32(14-24(22)39)49-28-10-20-18(8-26(28)47-30)34(43)41(6)36(20)45;1-35(2)13-37(21-11-29-27(9-19(21)35)42-23-5-15-17(7-25(23)44-29)33(40)46-31(15)38)14-36(3,4)20-10-28-30(12-22(20)37)45-26-8-18-16(6-24(26)43-28)32(39)47-34(18)41;1-13-10-18-20(12-21(13)25)22(2)15-6-4-5-7-16(15)23(18,3)19-11-14(24)8-9-17(19)22;1-21-13-7-3-5-9-15(13)22(2,16-10-6-4-8-14(16)21)18-12-20(24)19(23)11-17(18)21;1-2;/h7-14H,15-16H2,1-6H3;5-12H,13-14H2,1-4H3;4-12,24-25H,1-3H3;3-12,24H,23H2,1-2H3;2H,1H3;1H3. The zero-order valence-electron chi connectivity index (χ0n) is 83.9. The van der Waals surface area contributed by atoms with Crippen molar-refractivity contribution in [1.29, 1.82) is 0 Å². The van der Waals surface area contributed by atoms with Crippen LogP contribution in [0.15, 0.2) is 295 Å². The summed E-state index contributed by atoms with van der Waals surface area (Å²) in [6.07, 6.45) is 3.29. The van der Waals surface area contributed by atoms with Crippen molar-refractivity contribution in [2.24, 2.45) is 14.1 Å². The number of fused-ring (bicyclic) bond motifs is 20. The molecule has 10 aliphatic carbocycles. The van der Waals surface area contributed by atoms with Gasteiger partial charge in [0.05, 0.1) is 48.8 Å². The van der Waals surface area contributed by atoms with Crippen LogP contribution in [0, 0.1) is 6.92 Å². The molecule has 0 saturated carbocycles. The molecule has 32 rings (SSSR count). The third-order valence-electron chi connectivity index (χ3n) is 34.5. The molecular formula is C122H100N4O22. The SMILES string of the molecule is CC1(C)CC2(CC(C)(C)c3cc4oc5cc6c(=O)oc(=O)c6cc5oc4cc32)c2cc3oc4cc5c(=O)oc(=O)c5cc4oc3cc21.CC12c3ccccc3C(C)(c3ccccc31)c1cc(O)c(N)cc12.CO.Cc1cc2c(cc1O)C1(C)c3ccccc3C2(C)c2cc(O)ccc21.Cn1c(=O)c2cc3oc4cc5c(cc4oc3cc2c1=O)C1(CC5(C)C)CC(C)(C)c2cc3oc4cc5c(=O)n(C)c(=O)c5cc4oc3cc21.N. The van der Waals surface area contributed by atoms with Crippen molar-refractivity contribution in [2.45, 2.75) is 170 Å². The van der Waals surface area contributed by atoms with Crippen molar-refractivity contribution in [3.63, 3.8) is 0 Å². The number of rotatable bonds is 0. The zero-order chi connectivity index (χ0) is 103. The average molecular weight is 1970 g/mol. The lowest BCUT2D eigenvalue weighted by molar-refractivity contribution is 0.349. The number of nitrogens with two attached hydrogens (primary N) is 1. The molecule has 26 nitrogen and oxygen atoms in total. The van der Waals surface area contributed by atoms with E-state index in [2.05, 4.69) is 186 Å². The fourth-order valence-electron chi connectivity index (χ4n) is 27.9. The number of nitrogens with zero attached hydrogens (tertiary/aromatic N) is 2. The number of benzene rings is 14. The first-order chi connectivity index (χ1) is 69.8. The van der Waals surface area contributed by atoms with E-state index in [0.29, 0.717) is 128 Å². The predicted molar refractivity (Wildman–Crippen MR) is 567 cm³/mol. The largest absolute Gasteiger partial charge is 0.508 e. The third-order valence-corrected chi connectivity index (χ3v) is 34.5. The van der Waals surface area contributed by atoms with E-state index in [1.807, 2.05) is 61.5 Å². The smallest absolute Gasteiger partial charge is 0.347 e. The third kappa shape index (κ3) is 12.0. The van der Waals surface area contributed by atoms with Gasteiger partial charge in [-0.05, 0) is 302 Å². The van der Waals surface area contributed by atoms with Gasteiger partial charge < -0.3 is 76.5 Å². The quantitative estimate of drug-likeness (QED) is 0.0466. The molecule has 148 heavy (non-hydrogen) atoms. The number of aliphatic hydroxyl groups is 1. The second-order valence-corrected chi connectivity index (χ2v) is 44.7. The summed E-state index contributed by atoms with van der Waals surface area (Å²) in [6.45, 7) is 28.8. The molecule has 0 aliphatic heterocycles. The highest BCUT2D eigenvalue weighted by Gasteiger charge is 2.61. The fourth-order valence-corrected chi connectivity index (χ4v) is 27.9. The highest BCUT2D eigenvalue weighted by atomic mass is 16.4. The van der Waals surface area contributed by atoms with Crippen molar-refractivity contribution in [3.05, 3.63) is 412 Å². The summed E-state index contributed by atoms with van der Waals surface area (Å²) in [5, 5.41) is 39.6. The van der Waals surface area contributed by atoms with Crippen LogP contribution < -0.4 is 56.6 Å². The number of phenolic OH excluding ortho intramolecular Hbond substituents is 3. The molecule has 0 fully saturated rings. The number of hydrogen-bond acceptors (Lipinski definition) is 24. The molecule has 10 aliphatic rings. The van der Waals surface area contributed by atoms with Gasteiger partial charge in [-0.1, -0.05) is 140 Å². The van der Waals surface area contributed by atoms with Gasteiger partial charge in [0.25, 0.3) is 22.2 Å². The number of aromatic hydroxyl groups is 3. The maximum Gasteiger partial charge on any atom is 0.347 e. The summed E-state index contributed by atoms with van der Waals surface area (Å²) < 4.78 is 62.7. The Morgan fingerprint density at radius 2 is 0.453 bits per heavy atom. The van der Waals surface area contributed by atoms with E-state index in [4.69, 9.17) is 55.0 Å². The molecular weight excluding hydrogens is 1870 g/mol. The van der Waals surface area contributed by atoms with Gasteiger partial charge in [0, 0.05) is 78.0 Å². The normalized spacial score (nSPS) is 19.8. The van der Waals surface area contributed by atoms with Crippen LogP contribution in [0.4, 0.5) is 5.69 Å². The second-order valence-electron chi connectivity index (χ2n) is 44.7. The van der Waals surface area contributed by atoms with Crippen molar-refractivity contribution in [3.8, 4) is 17.2 Å². The Labute approximate surface area is 839 Å². The maximum absolute atomic E-state index is 12.7. The van der Waals surface area contributed by atoms with Crippen molar-refractivity contribution >= 4 is 138 Å². The molecule has 0 amide bonds. The Morgan fingerprint density at radius 3 is 0.723 bits per heavy atom. The second kappa shape index (κ2) is 30.0. The van der Waals surface area contributed by atoms with Gasteiger partial charge >= 0.3 is 22.5 Å². The molecule has 2 unspecified atom stereocenters. The topological polar surface area (TPSA) is 420 Å². The molecule has 8 aromatic heterocycles. The first-order valence-electron chi connectivity index (χ1n) is 49.0. The van der Waals surface area contributed by atoms with Crippen LogP contribution in [0.5, 0.6) is 17.2 Å². The van der Waals surface area contributed by atoms with E-state index < -0.39 is 27.9 Å². The molecule has 740 valence electrons. The lowest BCUT2D eigenvalue weighted by Gasteiger charge is -2.54. The number of phenols is 3. The first kappa shape index (κ1) is 92.3. The van der Waals surface area contributed by atoms with Crippen molar-refractivity contribution < 1.29 is 64.6 Å². The lowest BCUT2D eigenvalue weighted by atomic mass is 9.48. The Morgan fingerprint density at radius 1 is 0.243 bits per heavy atom. The van der Waals surface area contributed by atoms with E-state index in [1.165, 1.54) is 88.4 Å². The molecule has 0 saturated heterocycles. The van der Waals surface area contributed by atoms with Gasteiger partial charge in [0.1, 0.15) is 17.2 Å². The molecule has 4 bridgehead atoms. The van der Waals surface area contributed by atoms with Gasteiger partial charge in [0.15, 0.2) is 89.3 Å². The number of nitrogen functional groups attached to an aromatic ring is 1. The highest BCUT2D eigenvalue weighted by Crippen LogP contribution is 2.69. The summed E-state index contributed by atoms with van der Waals surface area (Å²) in [4.78, 5) is 99.6. The van der Waals surface area contributed by atoms with Gasteiger partial charge in [-0.2, -0.15) is 0 Å². The number of aromatic nitrogens is 2. The number of aliphatic hydroxyl groups excluding tert-OH is 1. The lowest BCUT2D eigenvalue weighted by Crippen LogP contribution is -2.48. The number of aryl methyl sites for hydroxylation is 1. The first-order valence-corrected chi connectivity index (χ1v) is 49.0. The van der Waals surface area contributed by atoms with E-state index in [9.17, 15) is 53.7 Å². The van der Waals surface area contributed by atoms with Gasteiger partial charge in [-0.15, -0.1) is 0 Å². The fraction of sp³-hybridized carbons (Fsp3) is 0.246. The van der Waals surface area contributed by atoms with Crippen LogP contribution in [0.1, 0.15) is 226 Å². The Hall–Kier alpha value is -16.8. The number of furan rings is 2. The summed E-state index contributed by atoms with van der Waals surface area (Å²) in [6, 6.07) is 68.3. The zero-order valence-corrected chi connectivity index (χ0v) is 83.9. The summed E-state index contributed by atoms with van der Waals surface area (Å²) in [7, 11) is 3.93. The van der Waals surface area contributed by atoms with Gasteiger partial charge in [-0.25, -0.2) is 19.2 Å². The van der Waals surface area contributed by atoms with E-state index >= 15 is 0 Å². The number of hydrogen-bond donors (Lipinski definition) is 6. The van der Waals surface area contributed by atoms with Crippen molar-refractivity contribution in [2.75, 3.05) is 12.8 Å². The average Bonchev–Trinajstić information content (AvgIpc) is 1.13. The molecule has 26 heteroatoms. The molecule has 2 spiro atoms. The van der Waals surface area contributed by atoms with Crippen molar-refractivity contribution in [1.82, 2.24) is 15.3 Å². The molecule has 0 radical (unpaired) electrons. The van der Waals surface area contributed by atoms with E-state index in [0.717, 1.165) is 109 Å². The maximum atomic E-state index is 12.7. The van der Waals surface area contributed by atoms with Crippen LogP contribution >= 0.6 is 0 Å². The summed E-state index contributed by atoms with van der Waals surface area (Å²) in [5.74, 6) is 0.806.